The number of aryl methyl sites for hydroxylation is 3. The summed E-state index contributed by atoms with van der Waals surface area (Å²) < 4.78 is 4.33. The minimum atomic E-state index is -1.67. The van der Waals surface area contributed by atoms with Crippen molar-refractivity contribution < 1.29 is 0 Å². The second kappa shape index (κ2) is 13.2. The van der Waals surface area contributed by atoms with Crippen molar-refractivity contribution >= 4 is 43.7 Å². The average molecular weight is 646 g/mol. The topological polar surface area (TPSA) is 0 Å². The van der Waals surface area contributed by atoms with Gasteiger partial charge in [0.2, 0.25) is 0 Å². The normalized spacial score (nSPS) is 14.0. The minimum Gasteiger partial charge on any atom is -0.107 e. The molecular weight excluding hydrogens is 606 g/mol. The molecule has 0 bridgehead atoms. The van der Waals surface area contributed by atoms with Crippen LogP contribution in [-0.2, 0) is 0 Å². The molecule has 0 fully saturated rings. The molecule has 3 atom stereocenters. The van der Waals surface area contributed by atoms with Crippen LogP contribution < -0.4 is 0 Å². The van der Waals surface area contributed by atoms with E-state index in [0.717, 1.165) is 0 Å². The average Bonchev–Trinajstić information content (AvgIpc) is 2.74. The van der Waals surface area contributed by atoms with Crippen molar-refractivity contribution in [3.8, 4) is 0 Å². The van der Waals surface area contributed by atoms with Crippen LogP contribution in [0, 0.1) is 20.8 Å². The predicted molar refractivity (Wildman–Crippen MR) is 154 cm³/mol. The molecule has 1 radical (unpaired) electrons. The van der Waals surface area contributed by atoms with E-state index >= 15 is 0 Å². The van der Waals surface area contributed by atoms with Gasteiger partial charge in [0.05, 0.1) is 0 Å². The summed E-state index contributed by atoms with van der Waals surface area (Å²) in [4.78, 5) is 0. The third-order valence-electron chi connectivity index (χ3n) is 6.94. The maximum Gasteiger partial charge on any atom is -0.107 e. The molecule has 171 valence electrons. The zero-order valence-corrected chi connectivity index (χ0v) is 25.9. The number of hydrogen-bond donors (Lipinski definition) is 0. The third kappa shape index (κ3) is 7.35. The number of halogens is 1. The monoisotopic (exact) mass is 647 g/mol. The van der Waals surface area contributed by atoms with Crippen LogP contribution in [0.15, 0.2) is 72.8 Å². The van der Waals surface area contributed by atoms with Crippen molar-refractivity contribution in [3.63, 3.8) is 0 Å². The summed E-state index contributed by atoms with van der Waals surface area (Å²) in [5.41, 5.74) is 9.05. The molecule has 32 heavy (non-hydrogen) atoms. The van der Waals surface area contributed by atoms with E-state index in [1.54, 1.807) is 16.7 Å². The summed E-state index contributed by atoms with van der Waals surface area (Å²) in [5, 5.41) is 0. The fourth-order valence-electron chi connectivity index (χ4n) is 5.30. The quantitative estimate of drug-likeness (QED) is 0.161. The van der Waals surface area contributed by atoms with Crippen molar-refractivity contribution in [3.05, 3.63) is 106 Å². The van der Waals surface area contributed by atoms with E-state index in [1.807, 2.05) is 0 Å². The van der Waals surface area contributed by atoms with Gasteiger partial charge in [-0.2, -0.15) is 0 Å². The Labute approximate surface area is 221 Å². The van der Waals surface area contributed by atoms with Crippen LogP contribution in [0.1, 0.15) is 71.9 Å². The second-order valence-electron chi connectivity index (χ2n) is 9.64. The van der Waals surface area contributed by atoms with Crippen LogP contribution in [-0.4, -0.2) is 19.8 Å². The smallest absolute Gasteiger partial charge is 0.107 e. The van der Waals surface area contributed by atoms with E-state index in [1.165, 1.54) is 30.0 Å². The van der Waals surface area contributed by atoms with Gasteiger partial charge in [-0.3, -0.25) is 0 Å². The van der Waals surface area contributed by atoms with Gasteiger partial charge in [0.25, 0.3) is 0 Å². The minimum absolute atomic E-state index is 0. The van der Waals surface area contributed by atoms with Crippen LogP contribution in [0.25, 0.3) is 0 Å². The molecule has 0 aliphatic heterocycles. The summed E-state index contributed by atoms with van der Waals surface area (Å²) in [6.45, 7) is 14.3. The first kappa shape index (κ1) is 27.4. The molecule has 3 rings (SSSR count). The van der Waals surface area contributed by atoms with Gasteiger partial charge >= 0.3 is 199 Å². The number of rotatable bonds is 9. The summed E-state index contributed by atoms with van der Waals surface area (Å²) in [6, 6.07) is 27.1. The number of benzene rings is 3. The Morgan fingerprint density at radius 3 is 1.00 bits per heavy atom. The zero-order valence-electron chi connectivity index (χ0n) is 20.7. The first-order valence-electron chi connectivity index (χ1n) is 11.9. The van der Waals surface area contributed by atoms with Crippen molar-refractivity contribution in [1.29, 1.82) is 0 Å². The number of hydrogen-bond acceptors (Lipinski definition) is 0. The first-order chi connectivity index (χ1) is 14.9. The molecule has 0 spiro atoms. The summed E-state index contributed by atoms with van der Waals surface area (Å²) >= 11 is -1.67. The van der Waals surface area contributed by atoms with Crippen LogP contribution in [0.3, 0.4) is 0 Å². The van der Waals surface area contributed by atoms with E-state index in [9.17, 15) is 0 Å². The molecule has 0 aromatic heterocycles. The maximum atomic E-state index is 2.47. The van der Waals surface area contributed by atoms with E-state index in [4.69, 9.17) is 0 Å². The van der Waals surface area contributed by atoms with Crippen LogP contribution in [0.2, 0.25) is 13.3 Å². The Morgan fingerprint density at radius 1 is 0.500 bits per heavy atom. The van der Waals surface area contributed by atoms with Crippen molar-refractivity contribution in [2.45, 2.75) is 72.6 Å². The SMILES string of the molecule is Cc1ccccc1C(C)[CH2][Sn]([CH2]C(C)c1ccccc1C)[CH2]C(C)c1ccccc1C.I. The van der Waals surface area contributed by atoms with Crippen molar-refractivity contribution in [2.75, 3.05) is 0 Å². The Bertz CT molecular complexity index is 853. The molecule has 0 heterocycles. The molecular formula is C30H40ISn. The molecule has 0 N–H and O–H groups in total. The molecule has 0 amide bonds. The Balaban J connectivity index is 0.00000363. The van der Waals surface area contributed by atoms with Crippen LogP contribution in [0.5, 0.6) is 0 Å². The van der Waals surface area contributed by atoms with E-state index in [0.29, 0.717) is 17.8 Å². The van der Waals surface area contributed by atoms with Gasteiger partial charge in [0.1, 0.15) is 0 Å². The largest absolute Gasteiger partial charge is 0.107 e. The van der Waals surface area contributed by atoms with Gasteiger partial charge in [-0.25, -0.2) is 0 Å². The zero-order chi connectivity index (χ0) is 22.4. The van der Waals surface area contributed by atoms with Gasteiger partial charge in [0.15, 0.2) is 0 Å². The second-order valence-corrected chi connectivity index (χ2v) is 17.4. The van der Waals surface area contributed by atoms with E-state index in [2.05, 4.69) is 114 Å². The molecule has 2 heteroatoms. The Hall–Kier alpha value is -0.811. The van der Waals surface area contributed by atoms with E-state index in [-0.39, 0.29) is 24.0 Å². The standard InChI is InChI=1S/3C10H13.HI.Sn/c3*1-8(2)10-7-5-4-6-9(10)3;;/h3*4-8H,1H2,2-3H3;1H;. The fraction of sp³-hybridized carbons (Fsp3) is 0.400. The molecule has 0 saturated carbocycles. The van der Waals surface area contributed by atoms with Crippen LogP contribution in [0.4, 0.5) is 0 Å². The van der Waals surface area contributed by atoms with Gasteiger partial charge < -0.3 is 0 Å². The molecule has 3 aromatic carbocycles. The van der Waals surface area contributed by atoms with Crippen molar-refractivity contribution in [1.82, 2.24) is 0 Å². The molecule has 0 aliphatic rings. The van der Waals surface area contributed by atoms with Gasteiger partial charge in [0, 0.05) is 0 Å². The third-order valence-corrected chi connectivity index (χ3v) is 17.1. The fourth-order valence-corrected chi connectivity index (χ4v) is 16.0. The molecule has 0 aliphatic carbocycles. The first-order valence-corrected chi connectivity index (χ1v) is 17.9. The molecule has 3 aromatic rings. The van der Waals surface area contributed by atoms with Gasteiger partial charge in [-0.1, -0.05) is 0 Å². The molecule has 0 nitrogen and oxygen atoms in total. The van der Waals surface area contributed by atoms with Crippen LogP contribution >= 0.6 is 24.0 Å². The molecule has 3 unspecified atom stereocenters. The van der Waals surface area contributed by atoms with Gasteiger partial charge in [-0.05, 0) is 0 Å². The Morgan fingerprint density at radius 2 is 0.750 bits per heavy atom. The summed E-state index contributed by atoms with van der Waals surface area (Å²) in [7, 11) is 0. The van der Waals surface area contributed by atoms with Gasteiger partial charge in [-0.15, -0.1) is 24.0 Å². The van der Waals surface area contributed by atoms with Crippen molar-refractivity contribution in [2.24, 2.45) is 0 Å². The Kier molecular flexibility index (Phi) is 11.3. The maximum absolute atomic E-state index is 2.47. The summed E-state index contributed by atoms with van der Waals surface area (Å²) in [5.74, 6) is 2.01. The van der Waals surface area contributed by atoms with E-state index < -0.39 is 19.8 Å². The molecule has 0 saturated heterocycles. The predicted octanol–water partition coefficient (Wildman–Crippen LogP) is 9.44. The summed E-state index contributed by atoms with van der Waals surface area (Å²) in [6.07, 6.45) is 0.